The number of benzene rings is 1. The van der Waals surface area contributed by atoms with Crippen LogP contribution in [0, 0.1) is 5.92 Å². The molecule has 0 amide bonds. The van der Waals surface area contributed by atoms with Gasteiger partial charge in [-0.15, -0.1) is 5.10 Å². The van der Waals surface area contributed by atoms with Gasteiger partial charge in [0, 0.05) is 12.3 Å². The fraction of sp³-hybridized carbons (Fsp3) is 0.308. The number of phenols is 1. The standard InChI is InChI=1S/C13H14N4O3/c14-13-15-11-5-9(12(19)20)10(6-17(11)16-13)7-2-1-3-8(18)4-7/h1-4,9-10,18H,5-6H2,(H2,14,16)(H,19,20). The van der Waals surface area contributed by atoms with Crippen molar-refractivity contribution in [3.8, 4) is 5.75 Å². The highest BCUT2D eigenvalue weighted by Crippen LogP contribution is 2.34. The van der Waals surface area contributed by atoms with Crippen molar-refractivity contribution >= 4 is 11.9 Å². The summed E-state index contributed by atoms with van der Waals surface area (Å²) < 4.78 is 1.64. The molecule has 1 aliphatic heterocycles. The molecule has 0 aliphatic carbocycles. The first-order chi connectivity index (χ1) is 9.54. The number of carboxylic acids is 1. The first-order valence-corrected chi connectivity index (χ1v) is 6.25. The number of aliphatic carboxylic acids is 1. The van der Waals surface area contributed by atoms with E-state index in [4.69, 9.17) is 5.73 Å². The second kappa shape index (κ2) is 4.52. The molecule has 0 bridgehead atoms. The van der Waals surface area contributed by atoms with Crippen molar-refractivity contribution in [3.63, 3.8) is 0 Å². The molecule has 0 saturated heterocycles. The Hall–Kier alpha value is -2.57. The molecule has 1 aromatic heterocycles. The second-order valence-corrected chi connectivity index (χ2v) is 4.92. The van der Waals surface area contributed by atoms with Gasteiger partial charge in [0.1, 0.15) is 11.6 Å². The monoisotopic (exact) mass is 274 g/mol. The number of phenolic OH excluding ortho intramolecular Hbond substituents is 1. The number of aromatic nitrogens is 3. The summed E-state index contributed by atoms with van der Waals surface area (Å²) in [5.74, 6) is -0.894. The lowest BCUT2D eigenvalue weighted by atomic mass is 9.81. The molecule has 1 aromatic carbocycles. The first-order valence-electron chi connectivity index (χ1n) is 6.25. The highest BCUT2D eigenvalue weighted by Gasteiger charge is 2.36. The molecular formula is C13H14N4O3. The molecule has 0 spiro atoms. The van der Waals surface area contributed by atoms with E-state index in [1.54, 1.807) is 22.9 Å². The Balaban J connectivity index is 2.02. The lowest BCUT2D eigenvalue weighted by molar-refractivity contribution is -0.143. The molecule has 20 heavy (non-hydrogen) atoms. The highest BCUT2D eigenvalue weighted by atomic mass is 16.4. The van der Waals surface area contributed by atoms with Crippen LogP contribution in [0.1, 0.15) is 17.3 Å². The van der Waals surface area contributed by atoms with E-state index < -0.39 is 11.9 Å². The lowest BCUT2D eigenvalue weighted by Gasteiger charge is -2.29. The normalized spacial score (nSPS) is 21.4. The van der Waals surface area contributed by atoms with E-state index in [1.165, 1.54) is 0 Å². The number of nitrogens with two attached hydrogens (primary N) is 1. The molecule has 0 fully saturated rings. The zero-order chi connectivity index (χ0) is 14.3. The highest BCUT2D eigenvalue weighted by molar-refractivity contribution is 5.72. The number of nitrogen functional groups attached to an aromatic ring is 1. The van der Waals surface area contributed by atoms with Gasteiger partial charge >= 0.3 is 5.97 Å². The third-order valence-corrected chi connectivity index (χ3v) is 3.64. The van der Waals surface area contributed by atoms with Gasteiger partial charge in [-0.2, -0.15) is 4.98 Å². The summed E-state index contributed by atoms with van der Waals surface area (Å²) in [6.07, 6.45) is 0.278. The van der Waals surface area contributed by atoms with Crippen molar-refractivity contribution < 1.29 is 15.0 Å². The molecule has 2 aromatic rings. The topological polar surface area (TPSA) is 114 Å². The van der Waals surface area contributed by atoms with Crippen LogP contribution in [0.2, 0.25) is 0 Å². The smallest absolute Gasteiger partial charge is 0.307 e. The molecule has 2 heterocycles. The fourth-order valence-corrected chi connectivity index (χ4v) is 2.70. The van der Waals surface area contributed by atoms with Gasteiger partial charge in [0.2, 0.25) is 5.95 Å². The fourth-order valence-electron chi connectivity index (χ4n) is 2.70. The Morgan fingerprint density at radius 3 is 2.95 bits per heavy atom. The minimum atomic E-state index is -0.883. The predicted octanol–water partition coefficient (Wildman–Crippen LogP) is 0.607. The molecule has 7 heteroatoms. The van der Waals surface area contributed by atoms with Crippen molar-refractivity contribution in [1.82, 2.24) is 14.8 Å². The van der Waals surface area contributed by atoms with Crippen LogP contribution in [0.5, 0.6) is 5.75 Å². The van der Waals surface area contributed by atoms with Gasteiger partial charge in [0.25, 0.3) is 0 Å². The Labute approximate surface area is 114 Å². The Bertz CT molecular complexity index is 667. The molecule has 1 aliphatic rings. The number of hydrogen-bond donors (Lipinski definition) is 3. The van der Waals surface area contributed by atoms with Gasteiger partial charge in [-0.25, -0.2) is 4.68 Å². The van der Waals surface area contributed by atoms with Crippen LogP contribution in [0.4, 0.5) is 5.95 Å². The number of aromatic hydroxyl groups is 1. The summed E-state index contributed by atoms with van der Waals surface area (Å²) in [6, 6.07) is 6.66. The average molecular weight is 274 g/mol. The molecule has 104 valence electrons. The lowest BCUT2D eigenvalue weighted by Crippen LogP contribution is -2.33. The Kier molecular flexibility index (Phi) is 2.81. The molecule has 4 N–H and O–H groups in total. The number of nitrogens with zero attached hydrogens (tertiary/aromatic N) is 3. The molecular weight excluding hydrogens is 260 g/mol. The number of carboxylic acid groups (broad SMARTS) is 1. The zero-order valence-corrected chi connectivity index (χ0v) is 10.6. The first kappa shape index (κ1) is 12.5. The van der Waals surface area contributed by atoms with Crippen LogP contribution in [0.25, 0.3) is 0 Å². The third-order valence-electron chi connectivity index (χ3n) is 3.64. The molecule has 3 rings (SSSR count). The maximum atomic E-state index is 11.5. The summed E-state index contributed by atoms with van der Waals surface area (Å²) in [5.41, 5.74) is 6.33. The van der Waals surface area contributed by atoms with Gasteiger partial charge in [-0.3, -0.25) is 4.79 Å². The molecule has 2 unspecified atom stereocenters. The summed E-state index contributed by atoms with van der Waals surface area (Å²) in [4.78, 5) is 15.5. The van der Waals surface area contributed by atoms with E-state index in [9.17, 15) is 15.0 Å². The van der Waals surface area contributed by atoms with E-state index in [0.717, 1.165) is 5.56 Å². The van der Waals surface area contributed by atoms with Gasteiger partial charge in [-0.1, -0.05) is 12.1 Å². The van der Waals surface area contributed by atoms with Crippen molar-refractivity contribution in [2.24, 2.45) is 5.92 Å². The average Bonchev–Trinajstić information content (AvgIpc) is 2.76. The molecule has 0 saturated carbocycles. The van der Waals surface area contributed by atoms with Crippen LogP contribution in [0.15, 0.2) is 24.3 Å². The van der Waals surface area contributed by atoms with E-state index in [1.807, 2.05) is 6.07 Å². The Morgan fingerprint density at radius 2 is 2.25 bits per heavy atom. The summed E-state index contributed by atoms with van der Waals surface area (Å²) in [5, 5.41) is 23.1. The SMILES string of the molecule is Nc1nc2n(n1)CC(c1cccc(O)c1)C(C(=O)O)C2. The Morgan fingerprint density at radius 1 is 1.45 bits per heavy atom. The number of rotatable bonds is 2. The van der Waals surface area contributed by atoms with Crippen molar-refractivity contribution in [2.75, 3.05) is 5.73 Å². The molecule has 2 atom stereocenters. The maximum Gasteiger partial charge on any atom is 0.307 e. The second-order valence-electron chi connectivity index (χ2n) is 4.92. The summed E-state index contributed by atoms with van der Waals surface area (Å²) in [7, 11) is 0. The number of anilines is 1. The third kappa shape index (κ3) is 2.07. The van der Waals surface area contributed by atoms with Crippen LogP contribution in [0.3, 0.4) is 0 Å². The maximum absolute atomic E-state index is 11.5. The van der Waals surface area contributed by atoms with Gasteiger partial charge in [-0.05, 0) is 17.7 Å². The zero-order valence-electron chi connectivity index (χ0n) is 10.6. The summed E-state index contributed by atoms with van der Waals surface area (Å²) in [6.45, 7) is 0.389. The largest absolute Gasteiger partial charge is 0.508 e. The number of hydrogen-bond acceptors (Lipinski definition) is 5. The minimum absolute atomic E-state index is 0.121. The minimum Gasteiger partial charge on any atom is -0.508 e. The van der Waals surface area contributed by atoms with Gasteiger partial charge < -0.3 is 15.9 Å². The number of carbonyl (C=O) groups is 1. The van der Waals surface area contributed by atoms with E-state index in [0.29, 0.717) is 12.4 Å². The van der Waals surface area contributed by atoms with Crippen LogP contribution < -0.4 is 5.73 Å². The van der Waals surface area contributed by atoms with Crippen molar-refractivity contribution in [3.05, 3.63) is 35.7 Å². The quantitative estimate of drug-likeness (QED) is 0.739. The van der Waals surface area contributed by atoms with Crippen molar-refractivity contribution in [2.45, 2.75) is 18.9 Å². The van der Waals surface area contributed by atoms with E-state index in [-0.39, 0.29) is 24.0 Å². The summed E-state index contributed by atoms with van der Waals surface area (Å²) >= 11 is 0. The predicted molar refractivity (Wildman–Crippen MR) is 70.1 cm³/mol. The number of fused-ring (bicyclic) bond motifs is 1. The molecule has 7 nitrogen and oxygen atoms in total. The van der Waals surface area contributed by atoms with Crippen LogP contribution in [-0.4, -0.2) is 30.9 Å². The van der Waals surface area contributed by atoms with Gasteiger partial charge in [0.05, 0.1) is 12.5 Å². The van der Waals surface area contributed by atoms with Crippen LogP contribution >= 0.6 is 0 Å². The van der Waals surface area contributed by atoms with Gasteiger partial charge in [0.15, 0.2) is 0 Å². The van der Waals surface area contributed by atoms with E-state index in [2.05, 4.69) is 10.1 Å². The van der Waals surface area contributed by atoms with Crippen molar-refractivity contribution in [1.29, 1.82) is 0 Å². The molecule has 0 radical (unpaired) electrons. The van der Waals surface area contributed by atoms with Crippen LogP contribution in [-0.2, 0) is 17.8 Å². The van der Waals surface area contributed by atoms with E-state index >= 15 is 0 Å².